The second-order valence-corrected chi connectivity index (χ2v) is 5.72. The minimum atomic E-state index is 0.327. The van der Waals surface area contributed by atoms with Crippen LogP contribution in [0.15, 0.2) is 30.3 Å². The SMILES string of the molecule is CC(C)CN1CC(N)CC(c2ccccc2)C1. The molecule has 17 heavy (non-hydrogen) atoms. The van der Waals surface area contributed by atoms with E-state index in [0.29, 0.717) is 12.0 Å². The van der Waals surface area contributed by atoms with E-state index in [9.17, 15) is 0 Å². The van der Waals surface area contributed by atoms with Crippen LogP contribution < -0.4 is 5.73 Å². The van der Waals surface area contributed by atoms with E-state index >= 15 is 0 Å². The van der Waals surface area contributed by atoms with Gasteiger partial charge in [0.2, 0.25) is 0 Å². The highest BCUT2D eigenvalue weighted by molar-refractivity contribution is 5.21. The van der Waals surface area contributed by atoms with E-state index in [4.69, 9.17) is 5.73 Å². The van der Waals surface area contributed by atoms with Crippen LogP contribution in [-0.4, -0.2) is 30.6 Å². The van der Waals surface area contributed by atoms with Gasteiger partial charge < -0.3 is 10.6 Å². The van der Waals surface area contributed by atoms with Gasteiger partial charge in [0.05, 0.1) is 0 Å². The third kappa shape index (κ3) is 3.55. The summed E-state index contributed by atoms with van der Waals surface area (Å²) >= 11 is 0. The van der Waals surface area contributed by atoms with Crippen molar-refractivity contribution in [1.82, 2.24) is 4.90 Å². The molecule has 0 amide bonds. The lowest BCUT2D eigenvalue weighted by Crippen LogP contribution is -2.47. The minimum absolute atomic E-state index is 0.327. The predicted molar refractivity (Wildman–Crippen MR) is 73.1 cm³/mol. The van der Waals surface area contributed by atoms with Crippen LogP contribution in [0.5, 0.6) is 0 Å². The Balaban J connectivity index is 2.03. The summed E-state index contributed by atoms with van der Waals surface area (Å²) in [5, 5.41) is 0. The van der Waals surface area contributed by atoms with Crippen LogP contribution in [0.1, 0.15) is 31.7 Å². The first-order valence-corrected chi connectivity index (χ1v) is 6.68. The molecule has 1 heterocycles. The Morgan fingerprint density at radius 3 is 2.59 bits per heavy atom. The highest BCUT2D eigenvalue weighted by Crippen LogP contribution is 2.26. The van der Waals surface area contributed by atoms with Gasteiger partial charge >= 0.3 is 0 Å². The highest BCUT2D eigenvalue weighted by Gasteiger charge is 2.26. The van der Waals surface area contributed by atoms with E-state index in [0.717, 1.165) is 32.0 Å². The van der Waals surface area contributed by atoms with Gasteiger partial charge in [0, 0.05) is 25.7 Å². The molecule has 1 aliphatic heterocycles. The molecule has 2 atom stereocenters. The zero-order chi connectivity index (χ0) is 12.3. The van der Waals surface area contributed by atoms with E-state index in [-0.39, 0.29) is 0 Å². The summed E-state index contributed by atoms with van der Waals surface area (Å²) in [7, 11) is 0. The second-order valence-electron chi connectivity index (χ2n) is 5.72. The fourth-order valence-electron chi connectivity index (χ4n) is 2.86. The summed E-state index contributed by atoms with van der Waals surface area (Å²) in [6.07, 6.45) is 1.12. The largest absolute Gasteiger partial charge is 0.327 e. The van der Waals surface area contributed by atoms with Crippen molar-refractivity contribution < 1.29 is 0 Å². The fraction of sp³-hybridized carbons (Fsp3) is 0.600. The van der Waals surface area contributed by atoms with Crippen LogP contribution >= 0.6 is 0 Å². The summed E-state index contributed by atoms with van der Waals surface area (Å²) in [6, 6.07) is 11.1. The Kier molecular flexibility index (Phi) is 4.19. The normalized spacial score (nSPS) is 26.4. The van der Waals surface area contributed by atoms with Crippen molar-refractivity contribution in [2.75, 3.05) is 19.6 Å². The smallest absolute Gasteiger partial charge is 0.0174 e. The molecule has 2 unspecified atom stereocenters. The third-order valence-corrected chi connectivity index (χ3v) is 3.45. The van der Waals surface area contributed by atoms with E-state index in [1.807, 2.05) is 0 Å². The zero-order valence-electron chi connectivity index (χ0n) is 11.0. The lowest BCUT2D eigenvalue weighted by molar-refractivity contribution is 0.171. The van der Waals surface area contributed by atoms with Gasteiger partial charge in [-0.3, -0.25) is 0 Å². The summed E-state index contributed by atoms with van der Waals surface area (Å²) < 4.78 is 0. The second kappa shape index (κ2) is 5.65. The molecule has 1 saturated heterocycles. The number of hydrogen-bond acceptors (Lipinski definition) is 2. The minimum Gasteiger partial charge on any atom is -0.327 e. The highest BCUT2D eigenvalue weighted by atomic mass is 15.1. The van der Waals surface area contributed by atoms with Gasteiger partial charge in [-0.25, -0.2) is 0 Å². The first kappa shape index (κ1) is 12.6. The maximum Gasteiger partial charge on any atom is 0.0174 e. The van der Waals surface area contributed by atoms with Crippen molar-refractivity contribution in [2.45, 2.75) is 32.2 Å². The molecular formula is C15H24N2. The molecule has 0 saturated carbocycles. The molecule has 1 aromatic rings. The molecule has 0 aliphatic carbocycles. The van der Waals surface area contributed by atoms with Gasteiger partial charge in [0.1, 0.15) is 0 Å². The van der Waals surface area contributed by atoms with Gasteiger partial charge in [-0.2, -0.15) is 0 Å². The van der Waals surface area contributed by atoms with Gasteiger partial charge in [0.25, 0.3) is 0 Å². The van der Waals surface area contributed by atoms with Crippen molar-refractivity contribution in [3.05, 3.63) is 35.9 Å². The van der Waals surface area contributed by atoms with Crippen molar-refractivity contribution >= 4 is 0 Å². The Morgan fingerprint density at radius 1 is 1.24 bits per heavy atom. The third-order valence-electron chi connectivity index (χ3n) is 3.45. The van der Waals surface area contributed by atoms with Gasteiger partial charge in [-0.1, -0.05) is 44.2 Å². The molecule has 2 rings (SSSR count). The van der Waals surface area contributed by atoms with E-state index in [1.54, 1.807) is 0 Å². The first-order valence-electron chi connectivity index (χ1n) is 6.68. The predicted octanol–water partition coefficient (Wildman–Crippen LogP) is 2.46. The number of piperidine rings is 1. The fourth-order valence-corrected chi connectivity index (χ4v) is 2.86. The van der Waals surface area contributed by atoms with E-state index in [1.165, 1.54) is 5.56 Å². The Labute approximate surface area is 105 Å². The maximum atomic E-state index is 6.19. The van der Waals surface area contributed by atoms with Crippen molar-refractivity contribution in [3.8, 4) is 0 Å². The van der Waals surface area contributed by atoms with Crippen LogP contribution in [0.3, 0.4) is 0 Å². The Hall–Kier alpha value is -0.860. The number of nitrogens with zero attached hydrogens (tertiary/aromatic N) is 1. The number of likely N-dealkylation sites (tertiary alicyclic amines) is 1. The molecule has 0 radical (unpaired) electrons. The standard InChI is InChI=1S/C15H24N2/c1-12(2)9-17-10-14(8-15(16)11-17)13-6-4-3-5-7-13/h3-7,12,14-15H,8-11,16H2,1-2H3. The molecule has 1 fully saturated rings. The monoisotopic (exact) mass is 232 g/mol. The van der Waals surface area contributed by atoms with Gasteiger partial charge in [0.15, 0.2) is 0 Å². The number of nitrogens with two attached hydrogens (primary N) is 1. The summed E-state index contributed by atoms with van der Waals surface area (Å²) in [6.45, 7) is 7.93. The number of benzene rings is 1. The summed E-state index contributed by atoms with van der Waals surface area (Å²) in [4.78, 5) is 2.52. The molecule has 0 bridgehead atoms. The van der Waals surface area contributed by atoms with Crippen LogP contribution in [-0.2, 0) is 0 Å². The van der Waals surface area contributed by atoms with Crippen molar-refractivity contribution in [3.63, 3.8) is 0 Å². The molecule has 1 aromatic carbocycles. The van der Waals surface area contributed by atoms with Crippen LogP contribution in [0.25, 0.3) is 0 Å². The summed E-state index contributed by atoms with van der Waals surface area (Å²) in [5.41, 5.74) is 7.63. The Bertz CT molecular complexity index is 332. The molecule has 0 aromatic heterocycles. The topological polar surface area (TPSA) is 29.3 Å². The number of rotatable bonds is 3. The molecule has 2 nitrogen and oxygen atoms in total. The van der Waals surface area contributed by atoms with Gasteiger partial charge in [-0.15, -0.1) is 0 Å². The van der Waals surface area contributed by atoms with Crippen LogP contribution in [0.4, 0.5) is 0 Å². The lowest BCUT2D eigenvalue weighted by atomic mass is 9.88. The molecule has 1 aliphatic rings. The molecule has 0 spiro atoms. The summed E-state index contributed by atoms with van der Waals surface area (Å²) in [5.74, 6) is 1.33. The number of hydrogen-bond donors (Lipinski definition) is 1. The molecule has 94 valence electrons. The average Bonchev–Trinajstić information content (AvgIpc) is 2.28. The quantitative estimate of drug-likeness (QED) is 0.867. The lowest BCUT2D eigenvalue weighted by Gasteiger charge is -2.37. The van der Waals surface area contributed by atoms with Crippen LogP contribution in [0.2, 0.25) is 0 Å². The maximum absolute atomic E-state index is 6.19. The van der Waals surface area contributed by atoms with E-state index in [2.05, 4.69) is 49.1 Å². The van der Waals surface area contributed by atoms with Gasteiger partial charge in [-0.05, 0) is 23.8 Å². The zero-order valence-corrected chi connectivity index (χ0v) is 11.0. The first-order chi connectivity index (χ1) is 8.15. The van der Waals surface area contributed by atoms with Crippen LogP contribution in [0, 0.1) is 5.92 Å². The molecule has 2 N–H and O–H groups in total. The van der Waals surface area contributed by atoms with Crippen molar-refractivity contribution in [1.29, 1.82) is 0 Å². The molecular weight excluding hydrogens is 208 g/mol. The average molecular weight is 232 g/mol. The van der Waals surface area contributed by atoms with Crippen molar-refractivity contribution in [2.24, 2.45) is 11.7 Å². The Morgan fingerprint density at radius 2 is 1.94 bits per heavy atom. The van der Waals surface area contributed by atoms with E-state index < -0.39 is 0 Å². The molecule has 2 heteroatoms.